The van der Waals surface area contributed by atoms with Crippen LogP contribution in [0.15, 0.2) is 17.0 Å². The summed E-state index contributed by atoms with van der Waals surface area (Å²) >= 11 is 0. The molecule has 0 heterocycles. The molecule has 1 aromatic carbocycles. The summed E-state index contributed by atoms with van der Waals surface area (Å²) in [5.74, 6) is -3.62. The van der Waals surface area contributed by atoms with Gasteiger partial charge < -0.3 is 4.74 Å². The highest BCUT2D eigenvalue weighted by Crippen LogP contribution is 2.24. The number of unbranched alkanes of at least 4 members (excludes halogenated alkanes) is 3. The van der Waals surface area contributed by atoms with E-state index in [-0.39, 0.29) is 6.61 Å². The summed E-state index contributed by atoms with van der Waals surface area (Å²) in [6.45, 7) is 2.07. The molecule has 1 rings (SSSR count). The van der Waals surface area contributed by atoms with E-state index in [1.54, 1.807) is 0 Å². The smallest absolute Gasteiger partial charge is 0.341 e. The molecule has 0 radical (unpaired) electrons. The fourth-order valence-electron chi connectivity index (χ4n) is 1.66. The highest BCUT2D eigenvalue weighted by atomic mass is 35.7. The van der Waals surface area contributed by atoms with Gasteiger partial charge in [-0.25, -0.2) is 22.0 Å². The number of ether oxygens (including phenoxy) is 1. The van der Waals surface area contributed by atoms with Crippen LogP contribution in [0.5, 0.6) is 0 Å². The Hall–Kier alpha value is -1.21. The molecule has 0 aliphatic rings. The van der Waals surface area contributed by atoms with E-state index in [0.717, 1.165) is 19.3 Å². The molecule has 4 nitrogen and oxygen atoms in total. The topological polar surface area (TPSA) is 60.4 Å². The molecule has 1 aromatic rings. The quantitative estimate of drug-likeness (QED) is 0.432. The van der Waals surface area contributed by atoms with Gasteiger partial charge in [0.15, 0.2) is 5.82 Å². The third-order valence-corrected chi connectivity index (χ3v) is 4.04. The molecule has 0 fully saturated rings. The van der Waals surface area contributed by atoms with Crippen LogP contribution in [-0.4, -0.2) is 21.0 Å². The fraction of sp³-hybridized carbons (Fsp3) is 0.462. The van der Waals surface area contributed by atoms with Crippen molar-refractivity contribution in [3.63, 3.8) is 0 Å². The third-order valence-electron chi connectivity index (χ3n) is 2.72. The first-order valence-electron chi connectivity index (χ1n) is 6.38. The number of halogens is 3. The first kappa shape index (κ1) is 17.8. The van der Waals surface area contributed by atoms with Gasteiger partial charge in [-0.05, 0) is 18.6 Å². The number of hydrogen-bond donors (Lipinski definition) is 0. The number of rotatable bonds is 7. The first-order valence-corrected chi connectivity index (χ1v) is 8.69. The van der Waals surface area contributed by atoms with Gasteiger partial charge in [-0.15, -0.1) is 0 Å². The Balaban J connectivity index is 2.88. The average Bonchev–Trinajstić information content (AvgIpc) is 2.39. The Kier molecular flexibility index (Phi) is 6.54. The van der Waals surface area contributed by atoms with Crippen LogP contribution in [0.1, 0.15) is 43.0 Å². The minimum atomic E-state index is -4.50. The van der Waals surface area contributed by atoms with Gasteiger partial charge in [0.1, 0.15) is 10.7 Å². The maximum atomic E-state index is 13.9. The molecule has 0 saturated carbocycles. The number of carbonyl (C=O) groups is 1. The predicted molar refractivity (Wildman–Crippen MR) is 73.8 cm³/mol. The highest BCUT2D eigenvalue weighted by Gasteiger charge is 2.25. The lowest BCUT2D eigenvalue weighted by Gasteiger charge is -2.08. The first-order chi connectivity index (χ1) is 9.77. The molecule has 21 heavy (non-hydrogen) atoms. The van der Waals surface area contributed by atoms with E-state index in [4.69, 9.17) is 15.4 Å². The molecule has 0 saturated heterocycles. The summed E-state index contributed by atoms with van der Waals surface area (Å²) in [5.41, 5.74) is -0.787. The molecule has 0 spiro atoms. The molecule has 0 atom stereocenters. The molecule has 0 unspecified atom stereocenters. The maximum Gasteiger partial charge on any atom is 0.341 e. The molecule has 0 N–H and O–H groups in total. The molecule has 0 amide bonds. The molecular formula is C13H15ClF2O4S. The van der Waals surface area contributed by atoms with Crippen molar-refractivity contribution in [3.05, 3.63) is 29.3 Å². The van der Waals surface area contributed by atoms with Gasteiger partial charge in [0.05, 0.1) is 12.2 Å². The van der Waals surface area contributed by atoms with Gasteiger partial charge in [0, 0.05) is 10.7 Å². The Morgan fingerprint density at radius 3 is 2.48 bits per heavy atom. The molecule has 118 valence electrons. The Morgan fingerprint density at radius 2 is 1.90 bits per heavy atom. The van der Waals surface area contributed by atoms with Crippen LogP contribution in [0, 0.1) is 11.6 Å². The van der Waals surface area contributed by atoms with E-state index in [2.05, 4.69) is 0 Å². The highest BCUT2D eigenvalue weighted by molar-refractivity contribution is 8.13. The van der Waals surface area contributed by atoms with Gasteiger partial charge in [-0.2, -0.15) is 0 Å². The second-order valence-electron chi connectivity index (χ2n) is 4.40. The minimum Gasteiger partial charge on any atom is -0.462 e. The second-order valence-corrected chi connectivity index (χ2v) is 6.93. The predicted octanol–water partition coefficient (Wildman–Crippen LogP) is 3.63. The molecular weight excluding hydrogens is 326 g/mol. The Morgan fingerprint density at radius 1 is 1.24 bits per heavy atom. The number of esters is 1. The Bertz CT molecular complexity index is 617. The van der Waals surface area contributed by atoms with E-state index in [9.17, 15) is 22.0 Å². The van der Waals surface area contributed by atoms with Crippen LogP contribution < -0.4 is 0 Å². The van der Waals surface area contributed by atoms with E-state index >= 15 is 0 Å². The SMILES string of the molecule is CCCCCCOC(=O)c1cc(F)cc(S(=O)(=O)Cl)c1F. The van der Waals surface area contributed by atoms with Crippen molar-refractivity contribution in [2.24, 2.45) is 0 Å². The largest absolute Gasteiger partial charge is 0.462 e. The van der Waals surface area contributed by atoms with Crippen LogP contribution in [0.3, 0.4) is 0 Å². The molecule has 0 aliphatic carbocycles. The summed E-state index contributed by atoms with van der Waals surface area (Å²) in [6, 6.07) is 0.991. The second kappa shape index (κ2) is 7.70. The van der Waals surface area contributed by atoms with Crippen molar-refractivity contribution in [2.45, 2.75) is 37.5 Å². The van der Waals surface area contributed by atoms with Crippen molar-refractivity contribution in [3.8, 4) is 0 Å². The lowest BCUT2D eigenvalue weighted by molar-refractivity contribution is 0.0491. The monoisotopic (exact) mass is 340 g/mol. The minimum absolute atomic E-state index is 0.0533. The normalized spacial score (nSPS) is 11.4. The van der Waals surface area contributed by atoms with Gasteiger partial charge in [-0.3, -0.25) is 0 Å². The van der Waals surface area contributed by atoms with E-state index in [1.807, 2.05) is 6.92 Å². The van der Waals surface area contributed by atoms with Crippen molar-refractivity contribution in [1.29, 1.82) is 0 Å². The lowest BCUT2D eigenvalue weighted by atomic mass is 10.2. The molecule has 8 heteroatoms. The van der Waals surface area contributed by atoms with Crippen molar-refractivity contribution < 1.29 is 26.7 Å². The zero-order valence-electron chi connectivity index (χ0n) is 11.4. The number of hydrogen-bond acceptors (Lipinski definition) is 4. The Labute approximate surface area is 126 Å². The van der Waals surface area contributed by atoms with Gasteiger partial charge in [0.2, 0.25) is 0 Å². The number of benzene rings is 1. The van der Waals surface area contributed by atoms with Crippen molar-refractivity contribution in [1.82, 2.24) is 0 Å². The summed E-state index contributed by atoms with van der Waals surface area (Å²) in [6.07, 6.45) is 3.41. The van der Waals surface area contributed by atoms with Crippen molar-refractivity contribution in [2.75, 3.05) is 6.61 Å². The zero-order chi connectivity index (χ0) is 16.0. The maximum absolute atomic E-state index is 13.9. The summed E-state index contributed by atoms with van der Waals surface area (Å²) in [5, 5.41) is 0. The lowest BCUT2D eigenvalue weighted by Crippen LogP contribution is -2.11. The van der Waals surface area contributed by atoms with Gasteiger partial charge >= 0.3 is 5.97 Å². The van der Waals surface area contributed by atoms with E-state index in [0.29, 0.717) is 18.6 Å². The van der Waals surface area contributed by atoms with Crippen LogP contribution >= 0.6 is 10.7 Å². The molecule has 0 aliphatic heterocycles. The van der Waals surface area contributed by atoms with Gasteiger partial charge in [-0.1, -0.05) is 26.2 Å². The van der Waals surface area contributed by atoms with Crippen molar-refractivity contribution >= 4 is 25.7 Å². The van der Waals surface area contributed by atoms with E-state index < -0.39 is 37.1 Å². The molecule has 0 bridgehead atoms. The van der Waals surface area contributed by atoms with Crippen LogP contribution in [0.25, 0.3) is 0 Å². The summed E-state index contributed by atoms with van der Waals surface area (Å²) in [4.78, 5) is 10.6. The molecule has 0 aromatic heterocycles. The van der Waals surface area contributed by atoms with Crippen LogP contribution in [-0.2, 0) is 13.8 Å². The fourth-order valence-corrected chi connectivity index (χ4v) is 2.58. The van der Waals surface area contributed by atoms with E-state index in [1.165, 1.54) is 0 Å². The summed E-state index contributed by atoms with van der Waals surface area (Å²) in [7, 11) is 0.492. The standard InChI is InChI=1S/C13H15ClF2O4S/c1-2-3-4-5-6-20-13(17)10-7-9(15)8-11(12(10)16)21(14,18)19/h7-8H,2-6H2,1H3. The van der Waals surface area contributed by atoms with Gasteiger partial charge in [0.25, 0.3) is 9.05 Å². The average molecular weight is 341 g/mol. The van der Waals surface area contributed by atoms with Crippen LogP contribution in [0.2, 0.25) is 0 Å². The third kappa shape index (κ3) is 5.24. The summed E-state index contributed by atoms with van der Waals surface area (Å²) < 4.78 is 54.2. The van der Waals surface area contributed by atoms with Crippen LogP contribution in [0.4, 0.5) is 8.78 Å². The number of carbonyl (C=O) groups excluding carboxylic acids is 1. The zero-order valence-corrected chi connectivity index (χ0v) is 12.9.